The lowest BCUT2D eigenvalue weighted by Gasteiger charge is -2.33. The van der Waals surface area contributed by atoms with Gasteiger partial charge in [0.2, 0.25) is 0 Å². The van der Waals surface area contributed by atoms with Gasteiger partial charge in [0.1, 0.15) is 0 Å². The Bertz CT molecular complexity index is 142. The molecule has 1 N–H and O–H groups in total. The van der Waals surface area contributed by atoms with E-state index in [2.05, 4.69) is 20.8 Å². The van der Waals surface area contributed by atoms with Crippen LogP contribution in [0.2, 0.25) is 0 Å². The van der Waals surface area contributed by atoms with E-state index in [1.54, 1.807) is 0 Å². The molecule has 0 radical (unpaired) electrons. The second kappa shape index (κ2) is 4.99. The lowest BCUT2D eigenvalue weighted by Crippen LogP contribution is -2.29. The summed E-state index contributed by atoms with van der Waals surface area (Å²) in [5, 5.41) is 9.83. The summed E-state index contributed by atoms with van der Waals surface area (Å²) < 4.78 is 0. The second-order valence-electron chi connectivity index (χ2n) is 5.04. The highest BCUT2D eigenvalue weighted by molar-refractivity contribution is 4.79. The standard InChI is InChI=1S/C12H24O/c1-4-10-5-6-12(13)11(8-10)7-9(2)3/h9-13H,4-8H2,1-3H3. The van der Waals surface area contributed by atoms with Crippen LogP contribution in [0.1, 0.15) is 52.9 Å². The van der Waals surface area contributed by atoms with Gasteiger partial charge in [-0.25, -0.2) is 0 Å². The van der Waals surface area contributed by atoms with Crippen molar-refractivity contribution >= 4 is 0 Å². The third kappa shape index (κ3) is 3.30. The Hall–Kier alpha value is -0.0400. The largest absolute Gasteiger partial charge is 0.393 e. The van der Waals surface area contributed by atoms with Crippen LogP contribution in [0.25, 0.3) is 0 Å². The molecule has 0 amide bonds. The molecular weight excluding hydrogens is 160 g/mol. The van der Waals surface area contributed by atoms with Crippen LogP contribution in [0, 0.1) is 17.8 Å². The van der Waals surface area contributed by atoms with Gasteiger partial charge in [-0.15, -0.1) is 0 Å². The average Bonchev–Trinajstić information content (AvgIpc) is 2.08. The van der Waals surface area contributed by atoms with Crippen LogP contribution in [0.15, 0.2) is 0 Å². The first-order valence-electron chi connectivity index (χ1n) is 5.81. The van der Waals surface area contributed by atoms with Gasteiger partial charge in [0.15, 0.2) is 0 Å². The maximum atomic E-state index is 9.83. The second-order valence-corrected chi connectivity index (χ2v) is 5.04. The van der Waals surface area contributed by atoms with E-state index in [0.29, 0.717) is 5.92 Å². The van der Waals surface area contributed by atoms with E-state index < -0.39 is 0 Å². The lowest BCUT2D eigenvalue weighted by atomic mass is 9.75. The van der Waals surface area contributed by atoms with Crippen molar-refractivity contribution in [1.29, 1.82) is 0 Å². The summed E-state index contributed by atoms with van der Waals surface area (Å²) in [6.07, 6.45) is 6.03. The molecule has 1 saturated carbocycles. The van der Waals surface area contributed by atoms with Crippen LogP contribution in [0.5, 0.6) is 0 Å². The predicted octanol–water partition coefficient (Wildman–Crippen LogP) is 3.22. The zero-order valence-electron chi connectivity index (χ0n) is 9.29. The quantitative estimate of drug-likeness (QED) is 0.714. The molecule has 0 aromatic heterocycles. The molecule has 1 rings (SSSR count). The minimum atomic E-state index is -0.00907. The molecular formula is C12H24O. The minimum absolute atomic E-state index is 0.00907. The molecule has 3 unspecified atom stereocenters. The molecule has 13 heavy (non-hydrogen) atoms. The van der Waals surface area contributed by atoms with Crippen LogP contribution >= 0.6 is 0 Å². The van der Waals surface area contributed by atoms with E-state index in [0.717, 1.165) is 18.3 Å². The third-order valence-electron chi connectivity index (χ3n) is 3.40. The Balaban J connectivity index is 2.40. The highest BCUT2D eigenvalue weighted by atomic mass is 16.3. The van der Waals surface area contributed by atoms with Gasteiger partial charge in [0.25, 0.3) is 0 Å². The van der Waals surface area contributed by atoms with E-state index in [-0.39, 0.29) is 6.10 Å². The number of hydrogen-bond donors (Lipinski definition) is 1. The van der Waals surface area contributed by atoms with Gasteiger partial charge in [0, 0.05) is 0 Å². The smallest absolute Gasteiger partial charge is 0.0568 e. The first kappa shape index (κ1) is 11.0. The van der Waals surface area contributed by atoms with Gasteiger partial charge < -0.3 is 5.11 Å². The maximum Gasteiger partial charge on any atom is 0.0568 e. The zero-order valence-corrected chi connectivity index (χ0v) is 9.29. The first-order valence-corrected chi connectivity index (χ1v) is 5.81. The Labute approximate surface area is 82.5 Å². The molecule has 0 heterocycles. The van der Waals surface area contributed by atoms with Crippen LogP contribution in [0.3, 0.4) is 0 Å². The van der Waals surface area contributed by atoms with Crippen molar-refractivity contribution in [2.24, 2.45) is 17.8 Å². The average molecular weight is 184 g/mol. The van der Waals surface area contributed by atoms with Gasteiger partial charge in [-0.1, -0.05) is 27.2 Å². The van der Waals surface area contributed by atoms with E-state index in [9.17, 15) is 5.11 Å². The Kier molecular flexibility index (Phi) is 4.24. The Morgan fingerprint density at radius 2 is 2.00 bits per heavy atom. The van der Waals surface area contributed by atoms with Crippen molar-refractivity contribution in [1.82, 2.24) is 0 Å². The normalized spacial score (nSPS) is 35.3. The fourth-order valence-corrected chi connectivity index (χ4v) is 2.57. The lowest BCUT2D eigenvalue weighted by molar-refractivity contribution is 0.0369. The summed E-state index contributed by atoms with van der Waals surface area (Å²) in [4.78, 5) is 0. The molecule has 3 atom stereocenters. The van der Waals surface area contributed by atoms with E-state index in [1.165, 1.54) is 25.7 Å². The molecule has 1 nitrogen and oxygen atoms in total. The molecule has 1 fully saturated rings. The van der Waals surface area contributed by atoms with Crippen molar-refractivity contribution in [2.45, 2.75) is 59.0 Å². The molecule has 0 spiro atoms. The highest BCUT2D eigenvalue weighted by Crippen LogP contribution is 2.34. The Morgan fingerprint density at radius 1 is 1.31 bits per heavy atom. The van der Waals surface area contributed by atoms with Gasteiger partial charge >= 0.3 is 0 Å². The molecule has 1 aliphatic carbocycles. The molecule has 0 saturated heterocycles. The number of aliphatic hydroxyl groups is 1. The number of rotatable bonds is 3. The van der Waals surface area contributed by atoms with Gasteiger partial charge in [0.05, 0.1) is 6.10 Å². The Morgan fingerprint density at radius 3 is 2.54 bits per heavy atom. The predicted molar refractivity (Wildman–Crippen MR) is 56.6 cm³/mol. The highest BCUT2D eigenvalue weighted by Gasteiger charge is 2.28. The number of aliphatic hydroxyl groups excluding tert-OH is 1. The molecule has 1 aliphatic rings. The minimum Gasteiger partial charge on any atom is -0.393 e. The molecule has 0 bridgehead atoms. The van der Waals surface area contributed by atoms with Crippen molar-refractivity contribution in [2.75, 3.05) is 0 Å². The van der Waals surface area contributed by atoms with E-state index in [1.807, 2.05) is 0 Å². The molecule has 1 heteroatoms. The van der Waals surface area contributed by atoms with Crippen LogP contribution in [0.4, 0.5) is 0 Å². The summed E-state index contributed by atoms with van der Waals surface area (Å²) in [6.45, 7) is 6.78. The van der Waals surface area contributed by atoms with Crippen LogP contribution < -0.4 is 0 Å². The summed E-state index contributed by atoms with van der Waals surface area (Å²) in [7, 11) is 0. The van der Waals surface area contributed by atoms with Crippen molar-refractivity contribution in [3.63, 3.8) is 0 Å². The summed E-state index contributed by atoms with van der Waals surface area (Å²) in [6, 6.07) is 0. The fraction of sp³-hybridized carbons (Fsp3) is 1.00. The summed E-state index contributed by atoms with van der Waals surface area (Å²) in [5.74, 6) is 2.20. The molecule has 0 aromatic rings. The first-order chi connectivity index (χ1) is 6.13. The van der Waals surface area contributed by atoms with Crippen LogP contribution in [-0.4, -0.2) is 11.2 Å². The van der Waals surface area contributed by atoms with E-state index >= 15 is 0 Å². The summed E-state index contributed by atoms with van der Waals surface area (Å²) in [5.41, 5.74) is 0. The monoisotopic (exact) mass is 184 g/mol. The molecule has 0 aromatic carbocycles. The van der Waals surface area contributed by atoms with Crippen molar-refractivity contribution in [3.05, 3.63) is 0 Å². The zero-order chi connectivity index (χ0) is 9.84. The molecule has 78 valence electrons. The van der Waals surface area contributed by atoms with Crippen molar-refractivity contribution in [3.8, 4) is 0 Å². The number of hydrogen-bond acceptors (Lipinski definition) is 1. The fourth-order valence-electron chi connectivity index (χ4n) is 2.57. The van der Waals surface area contributed by atoms with Crippen molar-refractivity contribution < 1.29 is 5.11 Å². The topological polar surface area (TPSA) is 20.2 Å². The van der Waals surface area contributed by atoms with Gasteiger partial charge in [-0.2, -0.15) is 0 Å². The maximum absolute atomic E-state index is 9.83. The van der Waals surface area contributed by atoms with E-state index in [4.69, 9.17) is 0 Å². The van der Waals surface area contributed by atoms with Crippen LogP contribution in [-0.2, 0) is 0 Å². The molecule has 0 aliphatic heterocycles. The third-order valence-corrected chi connectivity index (χ3v) is 3.40. The van der Waals surface area contributed by atoms with Gasteiger partial charge in [-0.3, -0.25) is 0 Å². The van der Waals surface area contributed by atoms with Gasteiger partial charge in [-0.05, 0) is 43.4 Å². The SMILES string of the molecule is CCC1CCC(O)C(CC(C)C)C1. The summed E-state index contributed by atoms with van der Waals surface area (Å²) >= 11 is 0.